The number of aryl methyl sites for hydroxylation is 1. The first kappa shape index (κ1) is 30.8. The highest BCUT2D eigenvalue weighted by atomic mass is 16.2. The van der Waals surface area contributed by atoms with Crippen molar-refractivity contribution >= 4 is 34.5 Å². The van der Waals surface area contributed by atoms with Crippen molar-refractivity contribution in [3.05, 3.63) is 83.7 Å². The summed E-state index contributed by atoms with van der Waals surface area (Å²) in [5, 5.41) is 8.12. The van der Waals surface area contributed by atoms with Gasteiger partial charge in [-0.2, -0.15) is 5.10 Å². The summed E-state index contributed by atoms with van der Waals surface area (Å²) in [6.07, 6.45) is 11.7. The first-order valence-electron chi connectivity index (χ1n) is 16.9. The number of unbranched alkanes of at least 4 members (excludes halogenated alkanes) is 3. The largest absolute Gasteiger partial charge is 0.343 e. The number of benzene rings is 2. The maximum Gasteiger partial charge on any atom is 0.255 e. The molecule has 1 N–H and O–H groups in total. The van der Waals surface area contributed by atoms with Crippen molar-refractivity contribution in [1.82, 2.24) is 29.9 Å². The van der Waals surface area contributed by atoms with Crippen LogP contribution >= 0.6 is 0 Å². The molecule has 4 aromatic rings. The molecule has 242 valence electrons. The summed E-state index contributed by atoms with van der Waals surface area (Å²) in [6.45, 7) is 1.91. The van der Waals surface area contributed by atoms with E-state index in [0.717, 1.165) is 91.3 Å². The van der Waals surface area contributed by atoms with E-state index >= 15 is 0 Å². The molecule has 2 aromatic carbocycles. The summed E-state index contributed by atoms with van der Waals surface area (Å²) in [5.41, 5.74) is 5.61. The third-order valence-corrected chi connectivity index (χ3v) is 9.89. The van der Waals surface area contributed by atoms with Crippen molar-refractivity contribution in [2.45, 2.75) is 82.8 Å². The van der Waals surface area contributed by atoms with Gasteiger partial charge in [-0.25, -0.2) is 4.98 Å². The molecule has 7 rings (SSSR count). The molecule has 3 aliphatic rings. The zero-order valence-corrected chi connectivity index (χ0v) is 26.6. The molecular weight excluding hydrogens is 592 g/mol. The fraction of sp³-hybridized carbons (Fsp3) is 0.405. The number of carbonyl (C=O) groups excluding carboxylic acids is 4. The Hall–Kier alpha value is -4.86. The third kappa shape index (κ3) is 6.68. The third-order valence-electron chi connectivity index (χ3n) is 9.89. The van der Waals surface area contributed by atoms with E-state index in [1.54, 1.807) is 4.90 Å². The van der Waals surface area contributed by atoms with Crippen molar-refractivity contribution < 1.29 is 19.2 Å². The Balaban J connectivity index is 0.811. The van der Waals surface area contributed by atoms with Crippen molar-refractivity contribution in [2.24, 2.45) is 0 Å². The number of imide groups is 1. The Morgan fingerprint density at radius 1 is 0.915 bits per heavy atom. The van der Waals surface area contributed by atoms with E-state index < -0.39 is 6.04 Å². The molecule has 3 aliphatic heterocycles. The van der Waals surface area contributed by atoms with Gasteiger partial charge in [0.25, 0.3) is 5.91 Å². The summed E-state index contributed by atoms with van der Waals surface area (Å²) >= 11 is 0. The number of likely N-dealkylation sites (tertiary alicyclic amines) is 1. The van der Waals surface area contributed by atoms with Crippen LogP contribution in [0.2, 0.25) is 0 Å². The fourth-order valence-electron chi connectivity index (χ4n) is 7.15. The van der Waals surface area contributed by atoms with Crippen LogP contribution in [0.4, 0.5) is 0 Å². The lowest BCUT2D eigenvalue weighted by atomic mass is 10.0. The Bertz CT molecular complexity index is 1820. The van der Waals surface area contributed by atoms with Crippen LogP contribution < -0.4 is 5.32 Å². The molecule has 10 nitrogen and oxygen atoms in total. The topological polar surface area (TPSA) is 118 Å². The van der Waals surface area contributed by atoms with Crippen LogP contribution in [0.3, 0.4) is 0 Å². The van der Waals surface area contributed by atoms with Gasteiger partial charge in [0.05, 0.1) is 23.4 Å². The van der Waals surface area contributed by atoms with Crippen LogP contribution in [0.25, 0.3) is 22.2 Å². The van der Waals surface area contributed by atoms with Gasteiger partial charge in [0.1, 0.15) is 6.04 Å². The predicted molar refractivity (Wildman–Crippen MR) is 177 cm³/mol. The minimum atomic E-state index is -0.589. The van der Waals surface area contributed by atoms with Crippen molar-refractivity contribution in [1.29, 1.82) is 0 Å². The minimum absolute atomic E-state index is 0.133. The lowest BCUT2D eigenvalue weighted by Crippen LogP contribution is -2.52. The number of piperidine rings is 2. The first-order chi connectivity index (χ1) is 22.9. The van der Waals surface area contributed by atoms with E-state index in [-0.39, 0.29) is 36.1 Å². The van der Waals surface area contributed by atoms with E-state index in [1.165, 1.54) is 0 Å². The molecule has 0 radical (unpaired) electrons. The molecule has 0 saturated carbocycles. The molecule has 1 atom stereocenters. The molecule has 4 amide bonds. The number of pyridine rings is 1. The lowest BCUT2D eigenvalue weighted by molar-refractivity contribution is -0.137. The Labute approximate surface area is 274 Å². The van der Waals surface area contributed by atoms with Crippen LogP contribution in [0.1, 0.15) is 85.3 Å². The number of amides is 4. The van der Waals surface area contributed by atoms with Crippen LogP contribution in [0.15, 0.2) is 67.0 Å². The summed E-state index contributed by atoms with van der Waals surface area (Å²) in [6, 6.07) is 18.0. The molecule has 10 heteroatoms. The van der Waals surface area contributed by atoms with Gasteiger partial charge in [0.15, 0.2) is 0 Å². The molecule has 2 aromatic heterocycles. The molecule has 2 fully saturated rings. The van der Waals surface area contributed by atoms with E-state index in [2.05, 4.69) is 34.8 Å². The molecule has 2 saturated heterocycles. The van der Waals surface area contributed by atoms with Gasteiger partial charge in [-0.05, 0) is 67.9 Å². The smallest absolute Gasteiger partial charge is 0.255 e. The number of carbonyl (C=O) groups is 4. The molecule has 0 aliphatic carbocycles. The highest BCUT2D eigenvalue weighted by Gasteiger charge is 2.39. The Morgan fingerprint density at radius 2 is 1.74 bits per heavy atom. The quantitative estimate of drug-likeness (QED) is 0.189. The zero-order chi connectivity index (χ0) is 32.3. The Kier molecular flexibility index (Phi) is 8.82. The second kappa shape index (κ2) is 13.5. The highest BCUT2D eigenvalue weighted by molar-refractivity contribution is 6.05. The van der Waals surface area contributed by atoms with Gasteiger partial charge in [0, 0.05) is 55.2 Å². The normalized spacial score (nSPS) is 18.6. The van der Waals surface area contributed by atoms with Crippen LogP contribution in [0.5, 0.6) is 0 Å². The molecule has 0 spiro atoms. The minimum Gasteiger partial charge on any atom is -0.343 e. The summed E-state index contributed by atoms with van der Waals surface area (Å²) in [7, 11) is 0. The zero-order valence-electron chi connectivity index (χ0n) is 26.6. The standard InChI is InChI=1S/C37H40N6O4/c44-34-16-15-33(36(46)40-34)42-23-27-12-11-25(21-30(27)37(42)47)7-3-1-2-4-10-35(45)41-19-17-29(18-20-41)43-24-28(22-38-43)32-14-13-26-8-5-6-9-31(26)39-32/h5-6,8-9,11-14,21-22,24,29,33H,1-4,7,10,15-20,23H2,(H,40,44,46). The second-order valence-corrected chi connectivity index (χ2v) is 13.0. The molecular formula is C37H40N6O4. The number of aromatic nitrogens is 3. The SMILES string of the molecule is O=C1CCC(N2Cc3ccc(CCCCCCC(=O)N4CCC(n5cc(-c6ccc7ccccc7n6)cn5)CC4)cc3C2=O)C(=O)N1. The average Bonchev–Trinajstić information content (AvgIpc) is 3.71. The first-order valence-corrected chi connectivity index (χ1v) is 16.9. The summed E-state index contributed by atoms with van der Waals surface area (Å²) in [5.74, 6) is -0.558. The number of nitrogens with one attached hydrogen (secondary N) is 1. The van der Waals surface area contributed by atoms with E-state index in [0.29, 0.717) is 24.9 Å². The number of rotatable bonds is 10. The Morgan fingerprint density at radius 3 is 2.60 bits per heavy atom. The molecule has 1 unspecified atom stereocenters. The molecule has 5 heterocycles. The maximum absolute atomic E-state index is 13.1. The van der Waals surface area contributed by atoms with Crippen molar-refractivity contribution in [3.8, 4) is 11.3 Å². The van der Waals surface area contributed by atoms with Crippen molar-refractivity contribution in [2.75, 3.05) is 13.1 Å². The number of hydrogen-bond acceptors (Lipinski definition) is 6. The van der Waals surface area contributed by atoms with Gasteiger partial charge in [-0.3, -0.25) is 29.2 Å². The maximum atomic E-state index is 13.1. The highest BCUT2D eigenvalue weighted by Crippen LogP contribution is 2.29. The van der Waals surface area contributed by atoms with Gasteiger partial charge in [0.2, 0.25) is 17.7 Å². The number of para-hydroxylation sites is 1. The average molecular weight is 633 g/mol. The molecule has 47 heavy (non-hydrogen) atoms. The van der Waals surface area contributed by atoms with Crippen molar-refractivity contribution in [3.63, 3.8) is 0 Å². The number of fused-ring (bicyclic) bond motifs is 2. The second-order valence-electron chi connectivity index (χ2n) is 13.0. The monoisotopic (exact) mass is 632 g/mol. The summed E-state index contributed by atoms with van der Waals surface area (Å²) in [4.78, 5) is 58.2. The van der Waals surface area contributed by atoms with Crippen LogP contribution in [0, 0.1) is 0 Å². The van der Waals surface area contributed by atoms with Gasteiger partial charge in [-0.1, -0.05) is 49.2 Å². The van der Waals surface area contributed by atoms with E-state index in [4.69, 9.17) is 4.98 Å². The van der Waals surface area contributed by atoms with Gasteiger partial charge >= 0.3 is 0 Å². The molecule has 0 bridgehead atoms. The van der Waals surface area contributed by atoms with E-state index in [9.17, 15) is 19.2 Å². The predicted octanol–water partition coefficient (Wildman–Crippen LogP) is 5.22. The number of hydrogen-bond donors (Lipinski definition) is 1. The number of nitrogens with zero attached hydrogens (tertiary/aromatic N) is 5. The summed E-state index contributed by atoms with van der Waals surface area (Å²) < 4.78 is 2.04. The van der Waals surface area contributed by atoms with Crippen LogP contribution in [-0.4, -0.2) is 67.3 Å². The fourth-order valence-corrected chi connectivity index (χ4v) is 7.15. The van der Waals surface area contributed by atoms with E-state index in [1.807, 2.05) is 52.2 Å². The van der Waals surface area contributed by atoms with Crippen LogP contribution in [-0.2, 0) is 27.3 Å². The van der Waals surface area contributed by atoms with Gasteiger partial charge < -0.3 is 9.80 Å². The van der Waals surface area contributed by atoms with Gasteiger partial charge in [-0.15, -0.1) is 0 Å². The lowest BCUT2D eigenvalue weighted by Gasteiger charge is -2.32.